The fourth-order valence-electron chi connectivity index (χ4n) is 5.92. The van der Waals surface area contributed by atoms with E-state index in [0.717, 1.165) is 25.7 Å². The van der Waals surface area contributed by atoms with Gasteiger partial charge in [0.2, 0.25) is 11.8 Å². The van der Waals surface area contributed by atoms with E-state index in [1.165, 1.54) is 0 Å². The predicted octanol–water partition coefficient (Wildman–Crippen LogP) is 1.48. The van der Waals surface area contributed by atoms with Gasteiger partial charge in [-0.3, -0.25) is 9.59 Å². The molecule has 9 nitrogen and oxygen atoms in total. The number of carbonyl (C=O) groups is 3. The van der Waals surface area contributed by atoms with E-state index in [9.17, 15) is 19.4 Å². The van der Waals surface area contributed by atoms with Crippen molar-refractivity contribution >= 4 is 25.0 Å². The van der Waals surface area contributed by atoms with E-state index >= 15 is 0 Å². The van der Waals surface area contributed by atoms with Gasteiger partial charge in [0.15, 0.2) is 0 Å². The smallest absolute Gasteiger partial charge is 0.446 e. The first-order chi connectivity index (χ1) is 15.4. The van der Waals surface area contributed by atoms with E-state index in [1.807, 2.05) is 20.8 Å². The molecule has 184 valence electrons. The van der Waals surface area contributed by atoms with Crippen molar-refractivity contribution < 1.29 is 28.8 Å². The molecule has 2 aliphatic heterocycles. The Morgan fingerprint density at radius 2 is 1.85 bits per heavy atom. The number of rotatable bonds is 5. The molecule has 2 aliphatic carbocycles. The van der Waals surface area contributed by atoms with Gasteiger partial charge in [0.25, 0.3) is 0 Å². The first-order valence-corrected chi connectivity index (χ1v) is 12.3. The molecule has 0 aromatic heterocycles. The van der Waals surface area contributed by atoms with E-state index in [0.29, 0.717) is 19.6 Å². The second kappa shape index (κ2) is 8.76. The maximum atomic E-state index is 13.8. The molecule has 3 N–H and O–H groups in total. The summed E-state index contributed by atoms with van der Waals surface area (Å²) in [6.07, 6.45) is 3.65. The Labute approximate surface area is 196 Å². The zero-order valence-electron chi connectivity index (χ0n) is 20.4. The van der Waals surface area contributed by atoms with Crippen molar-refractivity contribution in [1.82, 2.24) is 15.5 Å². The molecule has 4 aliphatic rings. The number of piperidine rings is 1. The minimum atomic E-state index is -1.03. The van der Waals surface area contributed by atoms with Crippen LogP contribution in [0.25, 0.3) is 0 Å². The number of ether oxygens (including phenoxy) is 1. The van der Waals surface area contributed by atoms with Crippen molar-refractivity contribution in [3.05, 3.63) is 0 Å². The fourth-order valence-corrected chi connectivity index (χ4v) is 5.92. The van der Waals surface area contributed by atoms with Gasteiger partial charge in [-0.2, -0.15) is 0 Å². The van der Waals surface area contributed by atoms with Gasteiger partial charge in [-0.15, -0.1) is 0 Å². The highest BCUT2D eigenvalue weighted by Gasteiger charge is 2.70. The molecule has 0 spiro atoms. The van der Waals surface area contributed by atoms with E-state index in [4.69, 9.17) is 9.39 Å². The van der Waals surface area contributed by atoms with Gasteiger partial charge >= 0.3 is 13.2 Å². The summed E-state index contributed by atoms with van der Waals surface area (Å²) in [6, 6.07) is -1.45. The molecule has 0 aromatic carbocycles. The first-order valence-electron chi connectivity index (χ1n) is 12.3. The van der Waals surface area contributed by atoms with Crippen LogP contribution in [0.5, 0.6) is 0 Å². The van der Waals surface area contributed by atoms with Crippen LogP contribution >= 0.6 is 0 Å². The molecule has 5 atom stereocenters. The van der Waals surface area contributed by atoms with Crippen molar-refractivity contribution in [2.45, 2.75) is 90.9 Å². The highest BCUT2D eigenvalue weighted by molar-refractivity contribution is 6.46. The van der Waals surface area contributed by atoms with E-state index in [2.05, 4.69) is 24.5 Å². The molecule has 4 rings (SSSR count). The van der Waals surface area contributed by atoms with Crippen LogP contribution in [0, 0.1) is 22.7 Å². The fraction of sp³-hybridized carbons (Fsp3) is 0.870. The van der Waals surface area contributed by atoms with Crippen LogP contribution in [-0.2, 0) is 19.0 Å². The summed E-state index contributed by atoms with van der Waals surface area (Å²) in [5, 5.41) is 15.7. The molecule has 0 bridgehead atoms. The molecule has 3 amide bonds. The Bertz CT molecular complexity index is 794. The third-order valence-electron chi connectivity index (χ3n) is 8.10. The Hall–Kier alpha value is -1.81. The number of nitrogens with zero attached hydrogens (tertiary/aromatic N) is 1. The molecule has 0 radical (unpaired) electrons. The van der Waals surface area contributed by atoms with Gasteiger partial charge in [0.1, 0.15) is 18.2 Å². The molecule has 4 fully saturated rings. The normalized spacial score (nSPS) is 31.8. The van der Waals surface area contributed by atoms with E-state index in [-0.39, 0.29) is 35.2 Å². The van der Waals surface area contributed by atoms with Gasteiger partial charge in [-0.1, -0.05) is 34.6 Å². The minimum absolute atomic E-state index is 0.0321. The molecule has 33 heavy (non-hydrogen) atoms. The van der Waals surface area contributed by atoms with Crippen LogP contribution in [0.3, 0.4) is 0 Å². The zero-order chi connectivity index (χ0) is 24.1. The van der Waals surface area contributed by atoms with Crippen LogP contribution in [-0.4, -0.2) is 72.2 Å². The Morgan fingerprint density at radius 1 is 1.18 bits per heavy atom. The van der Waals surface area contributed by atoms with Crippen LogP contribution in [0.1, 0.15) is 66.7 Å². The number of hydrogen-bond acceptors (Lipinski definition) is 6. The number of hydrogen-bond donors (Lipinski definition) is 3. The number of likely N-dealkylation sites (tertiary alicyclic amines) is 1. The summed E-state index contributed by atoms with van der Waals surface area (Å²) in [7, 11) is -1.03. The number of fused-ring (bicyclic) bond motifs is 1. The quantitative estimate of drug-likeness (QED) is 0.532. The highest BCUT2D eigenvalue weighted by Crippen LogP contribution is 2.65. The van der Waals surface area contributed by atoms with Gasteiger partial charge in [0.05, 0.1) is 5.94 Å². The van der Waals surface area contributed by atoms with Crippen molar-refractivity contribution in [3.63, 3.8) is 0 Å². The second-order valence-corrected chi connectivity index (χ2v) is 11.8. The van der Waals surface area contributed by atoms with Crippen molar-refractivity contribution in [3.8, 4) is 0 Å². The average molecular weight is 463 g/mol. The molecule has 0 aromatic rings. The Kier molecular flexibility index (Phi) is 6.46. The largest absolute Gasteiger partial charge is 0.478 e. The van der Waals surface area contributed by atoms with Gasteiger partial charge < -0.3 is 29.9 Å². The Balaban J connectivity index is 1.49. The topological polar surface area (TPSA) is 117 Å². The van der Waals surface area contributed by atoms with Gasteiger partial charge in [-0.05, 0) is 54.8 Å². The number of carbonyl (C=O) groups excluding carboxylic acids is 3. The number of nitrogens with one attached hydrogen (secondary N) is 2. The van der Waals surface area contributed by atoms with Gasteiger partial charge in [0, 0.05) is 13.2 Å². The summed E-state index contributed by atoms with van der Waals surface area (Å²) in [5.74, 6) is -0.734. The molecular weight excluding hydrogens is 425 g/mol. The Morgan fingerprint density at radius 3 is 2.42 bits per heavy atom. The summed E-state index contributed by atoms with van der Waals surface area (Å²) in [6.45, 7) is 10.8. The summed E-state index contributed by atoms with van der Waals surface area (Å²) in [5.41, 5.74) is -0.597. The second-order valence-electron chi connectivity index (χ2n) is 11.8. The lowest BCUT2D eigenvalue weighted by molar-refractivity contribution is -0.144. The maximum Gasteiger partial charge on any atom is 0.478 e. The molecule has 2 saturated carbocycles. The third-order valence-corrected chi connectivity index (χ3v) is 8.10. The van der Waals surface area contributed by atoms with Crippen LogP contribution in [0.15, 0.2) is 0 Å². The van der Waals surface area contributed by atoms with Gasteiger partial charge in [-0.25, -0.2) is 4.79 Å². The lowest BCUT2D eigenvalue weighted by atomic mass is 9.80. The standard InChI is InChI=1S/C23H38BN3O6/c1-22(2,3)18(26-21(30)33-13-8-6-7-9-13)20(29)27-12-14-16(23(14,4)5)17(27)19(28)25-15-10-11-32-24(15)31/h13-18,31H,6-12H2,1-5H3,(H,25,28)(H,26,30)/t14-,15-,16-,17-,18+/m0/s1. The monoisotopic (exact) mass is 463 g/mol. The predicted molar refractivity (Wildman–Crippen MR) is 122 cm³/mol. The lowest BCUT2D eigenvalue weighted by Gasteiger charge is -2.37. The molecule has 2 saturated heterocycles. The van der Waals surface area contributed by atoms with Crippen LogP contribution < -0.4 is 10.6 Å². The summed E-state index contributed by atoms with van der Waals surface area (Å²) < 4.78 is 10.7. The van der Waals surface area contributed by atoms with Crippen LogP contribution in [0.2, 0.25) is 0 Å². The highest BCUT2D eigenvalue weighted by atomic mass is 16.6. The van der Waals surface area contributed by atoms with Crippen LogP contribution in [0.4, 0.5) is 4.79 Å². The van der Waals surface area contributed by atoms with E-state index < -0.39 is 36.7 Å². The molecule has 10 heteroatoms. The molecule has 0 unspecified atom stereocenters. The van der Waals surface area contributed by atoms with E-state index in [1.54, 1.807) is 4.90 Å². The lowest BCUT2D eigenvalue weighted by Crippen LogP contribution is -2.60. The number of amides is 3. The average Bonchev–Trinajstić information content (AvgIpc) is 3.26. The maximum absolute atomic E-state index is 13.8. The SMILES string of the molecule is CC(C)(C)[C@H](NC(=O)OC1CCCC1)C(=O)N1C[C@H]2[C@@H]([C@H]1C(=O)N[C@H]1CCOB1O)C2(C)C. The number of alkyl carbamates (subject to hydrolysis) is 1. The van der Waals surface area contributed by atoms with Crippen molar-refractivity contribution in [2.75, 3.05) is 13.2 Å². The first kappa shape index (κ1) is 24.3. The molecular formula is C23H38BN3O6. The summed E-state index contributed by atoms with van der Waals surface area (Å²) >= 11 is 0. The summed E-state index contributed by atoms with van der Waals surface area (Å²) in [4.78, 5) is 41.3. The zero-order valence-corrected chi connectivity index (χ0v) is 20.4. The minimum Gasteiger partial charge on any atom is -0.446 e. The molecule has 2 heterocycles. The third kappa shape index (κ3) is 4.74. The van der Waals surface area contributed by atoms with Crippen molar-refractivity contribution in [2.24, 2.45) is 22.7 Å². The van der Waals surface area contributed by atoms with Crippen molar-refractivity contribution in [1.29, 1.82) is 0 Å².